The van der Waals surface area contributed by atoms with Crippen LogP contribution < -0.4 is 5.43 Å². The minimum atomic E-state index is -0.134. The first-order valence-electron chi connectivity index (χ1n) is 5.36. The van der Waals surface area contributed by atoms with Crippen LogP contribution in [0.4, 0.5) is 0 Å². The quantitative estimate of drug-likeness (QED) is 0.748. The molecule has 0 bridgehead atoms. The van der Waals surface area contributed by atoms with Crippen molar-refractivity contribution in [3.05, 3.63) is 12.4 Å². The van der Waals surface area contributed by atoms with Gasteiger partial charge in [-0.3, -0.25) is 10.4 Å². The Morgan fingerprint density at radius 1 is 1.60 bits per heavy atom. The number of hydrogen-bond donors (Lipinski definition) is 1. The number of hydrogen-bond acceptors (Lipinski definition) is 5. The summed E-state index contributed by atoms with van der Waals surface area (Å²) in [4.78, 5) is 3.91. The number of nitrogens with one attached hydrogen (secondary N) is 1. The van der Waals surface area contributed by atoms with Gasteiger partial charge in [0.25, 0.3) is 0 Å². The minimum absolute atomic E-state index is 0.134. The maximum atomic E-state index is 5.72. The summed E-state index contributed by atoms with van der Waals surface area (Å²) in [6.45, 7) is 3.55. The van der Waals surface area contributed by atoms with E-state index >= 15 is 0 Å². The first kappa shape index (κ1) is 10.4. The van der Waals surface area contributed by atoms with E-state index in [9.17, 15) is 0 Å². The molecule has 2 atom stereocenters. The second-order valence-electron chi connectivity index (χ2n) is 3.67. The van der Waals surface area contributed by atoms with E-state index in [0.29, 0.717) is 13.2 Å². The molecule has 0 amide bonds. The van der Waals surface area contributed by atoms with E-state index in [1.165, 1.54) is 0 Å². The maximum Gasteiger partial charge on any atom is 0.177 e. The Bertz CT molecular complexity index is 255. The first-order valence-corrected chi connectivity index (χ1v) is 5.36. The summed E-state index contributed by atoms with van der Waals surface area (Å²) < 4.78 is 11.3. The Kier molecular flexibility index (Phi) is 3.58. The third-order valence-electron chi connectivity index (χ3n) is 2.40. The van der Waals surface area contributed by atoms with Crippen LogP contribution in [-0.2, 0) is 9.47 Å². The first-order chi connectivity index (χ1) is 7.38. The van der Waals surface area contributed by atoms with Crippen LogP contribution in [-0.4, -0.2) is 36.9 Å². The predicted molar refractivity (Wildman–Crippen MR) is 57.0 cm³/mol. The molecule has 5 nitrogen and oxygen atoms in total. The summed E-state index contributed by atoms with van der Waals surface area (Å²) in [5.41, 5.74) is 2.99. The Morgan fingerprint density at radius 3 is 3.27 bits per heavy atom. The van der Waals surface area contributed by atoms with Gasteiger partial charge >= 0.3 is 0 Å². The molecular formula is C10H17N3O2. The van der Waals surface area contributed by atoms with Crippen molar-refractivity contribution in [2.24, 2.45) is 4.99 Å². The van der Waals surface area contributed by atoms with Gasteiger partial charge in [-0.2, -0.15) is 0 Å². The molecule has 2 aliphatic heterocycles. The summed E-state index contributed by atoms with van der Waals surface area (Å²) in [7, 11) is 0. The summed E-state index contributed by atoms with van der Waals surface area (Å²) in [6, 6.07) is 0. The van der Waals surface area contributed by atoms with Gasteiger partial charge in [0, 0.05) is 12.4 Å². The summed E-state index contributed by atoms with van der Waals surface area (Å²) >= 11 is 0. The highest BCUT2D eigenvalue weighted by molar-refractivity contribution is 5.55. The lowest BCUT2D eigenvalue weighted by atomic mass is 10.2. The molecule has 0 aromatic heterocycles. The molecule has 0 aromatic rings. The molecule has 15 heavy (non-hydrogen) atoms. The van der Waals surface area contributed by atoms with Crippen molar-refractivity contribution in [1.29, 1.82) is 0 Å². The van der Waals surface area contributed by atoms with Gasteiger partial charge in [0.1, 0.15) is 6.34 Å². The lowest BCUT2D eigenvalue weighted by molar-refractivity contribution is -0.0733. The van der Waals surface area contributed by atoms with Crippen molar-refractivity contribution in [2.75, 3.05) is 13.2 Å². The van der Waals surface area contributed by atoms with Crippen molar-refractivity contribution < 1.29 is 9.47 Å². The van der Waals surface area contributed by atoms with Gasteiger partial charge in [0.05, 0.1) is 19.3 Å². The Hall–Kier alpha value is -1.07. The van der Waals surface area contributed by atoms with Gasteiger partial charge in [-0.05, 0) is 6.42 Å². The monoisotopic (exact) mass is 211 g/mol. The molecule has 1 fully saturated rings. The molecule has 0 aliphatic carbocycles. The number of rotatable bonds is 4. The van der Waals surface area contributed by atoms with Gasteiger partial charge in [-0.25, -0.2) is 4.99 Å². The lowest BCUT2D eigenvalue weighted by Crippen LogP contribution is -2.39. The van der Waals surface area contributed by atoms with Crippen molar-refractivity contribution in [2.45, 2.75) is 32.2 Å². The molecule has 1 saturated heterocycles. The Balaban J connectivity index is 1.72. The summed E-state index contributed by atoms with van der Waals surface area (Å²) in [5.74, 6) is 0. The molecular weight excluding hydrogens is 194 g/mol. The largest absolute Gasteiger partial charge is 0.348 e. The Labute approximate surface area is 89.7 Å². The highest BCUT2D eigenvalue weighted by Gasteiger charge is 2.26. The fraction of sp³-hybridized carbons (Fsp3) is 0.700. The van der Waals surface area contributed by atoms with Crippen molar-refractivity contribution in [3.8, 4) is 0 Å². The molecule has 2 rings (SSSR count). The molecule has 2 aliphatic rings. The van der Waals surface area contributed by atoms with Crippen LogP contribution in [0.5, 0.6) is 0 Å². The molecule has 2 heterocycles. The topological polar surface area (TPSA) is 46.1 Å². The molecule has 0 saturated carbocycles. The molecule has 0 spiro atoms. The Morgan fingerprint density at radius 2 is 2.53 bits per heavy atom. The number of nitrogens with zero attached hydrogens (tertiary/aromatic N) is 2. The zero-order valence-electron chi connectivity index (χ0n) is 8.93. The number of hydrazine groups is 1. The SMILES string of the molecule is CCCC1COC(CN2C=CN=CN2)O1. The van der Waals surface area contributed by atoms with Crippen LogP contribution in [0.25, 0.3) is 0 Å². The van der Waals surface area contributed by atoms with Crippen LogP contribution in [0.3, 0.4) is 0 Å². The molecule has 2 unspecified atom stereocenters. The second-order valence-corrected chi connectivity index (χ2v) is 3.67. The predicted octanol–water partition coefficient (Wildman–Crippen LogP) is 0.848. The van der Waals surface area contributed by atoms with Gasteiger partial charge < -0.3 is 9.47 Å². The average Bonchev–Trinajstić information content (AvgIpc) is 2.68. The van der Waals surface area contributed by atoms with E-state index in [0.717, 1.165) is 12.8 Å². The molecule has 5 heteroatoms. The number of ether oxygens (including phenoxy) is 2. The van der Waals surface area contributed by atoms with Gasteiger partial charge in [0.2, 0.25) is 0 Å². The highest BCUT2D eigenvalue weighted by atomic mass is 16.7. The summed E-state index contributed by atoms with van der Waals surface area (Å²) in [5, 5.41) is 1.89. The lowest BCUT2D eigenvalue weighted by Gasteiger charge is -2.23. The van der Waals surface area contributed by atoms with E-state index < -0.39 is 0 Å². The zero-order valence-corrected chi connectivity index (χ0v) is 8.93. The van der Waals surface area contributed by atoms with Crippen LogP contribution in [0.2, 0.25) is 0 Å². The van der Waals surface area contributed by atoms with Gasteiger partial charge in [-0.15, -0.1) is 0 Å². The van der Waals surface area contributed by atoms with E-state index in [-0.39, 0.29) is 12.4 Å². The smallest absolute Gasteiger partial charge is 0.177 e. The van der Waals surface area contributed by atoms with E-state index in [1.54, 1.807) is 12.5 Å². The molecule has 1 N–H and O–H groups in total. The number of aliphatic imine (C=N–C) groups is 1. The molecule has 0 aromatic carbocycles. The van der Waals surface area contributed by atoms with E-state index in [2.05, 4.69) is 17.3 Å². The highest BCUT2D eigenvalue weighted by Crippen LogP contribution is 2.16. The third-order valence-corrected chi connectivity index (χ3v) is 2.40. The van der Waals surface area contributed by atoms with E-state index in [4.69, 9.17) is 9.47 Å². The van der Waals surface area contributed by atoms with Crippen molar-refractivity contribution in [3.63, 3.8) is 0 Å². The fourth-order valence-electron chi connectivity index (χ4n) is 1.66. The van der Waals surface area contributed by atoms with Crippen LogP contribution in [0.15, 0.2) is 17.4 Å². The third kappa shape index (κ3) is 2.94. The van der Waals surface area contributed by atoms with Crippen LogP contribution >= 0.6 is 0 Å². The van der Waals surface area contributed by atoms with Crippen LogP contribution in [0.1, 0.15) is 19.8 Å². The fourth-order valence-corrected chi connectivity index (χ4v) is 1.66. The molecule has 0 radical (unpaired) electrons. The van der Waals surface area contributed by atoms with Gasteiger partial charge in [-0.1, -0.05) is 13.3 Å². The van der Waals surface area contributed by atoms with Gasteiger partial charge in [0.15, 0.2) is 6.29 Å². The maximum absolute atomic E-state index is 5.72. The summed E-state index contributed by atoms with van der Waals surface area (Å²) in [6.07, 6.45) is 7.57. The average molecular weight is 211 g/mol. The standard InChI is InChI=1S/C10H17N3O2/c1-2-3-9-7-14-10(15-9)6-13-5-4-11-8-12-13/h4-5,8-10H,2-3,6-7H2,1H3,(H,11,12). The normalized spacial score (nSPS) is 29.5. The zero-order chi connectivity index (χ0) is 10.5. The van der Waals surface area contributed by atoms with Crippen LogP contribution in [0, 0.1) is 0 Å². The van der Waals surface area contributed by atoms with Crippen molar-refractivity contribution >= 4 is 6.34 Å². The second kappa shape index (κ2) is 5.14. The molecule has 84 valence electrons. The minimum Gasteiger partial charge on any atom is -0.348 e. The van der Waals surface area contributed by atoms with E-state index in [1.807, 2.05) is 11.2 Å². The van der Waals surface area contributed by atoms with Crippen molar-refractivity contribution in [1.82, 2.24) is 10.4 Å².